The molecular weight excluding hydrogens is 285 g/mol. The van der Waals surface area contributed by atoms with Gasteiger partial charge in [0.1, 0.15) is 5.82 Å². The average molecular weight is 304 g/mol. The molecule has 0 aromatic carbocycles. The Morgan fingerprint density at radius 1 is 1.24 bits per heavy atom. The maximum absolute atomic E-state index is 12.2. The summed E-state index contributed by atoms with van der Waals surface area (Å²) in [4.78, 5) is 8.41. The summed E-state index contributed by atoms with van der Waals surface area (Å²) in [6.45, 7) is 2.22. The molecule has 2 heterocycles. The van der Waals surface area contributed by atoms with Gasteiger partial charge in [-0.25, -0.2) is 0 Å². The summed E-state index contributed by atoms with van der Waals surface area (Å²) in [5.41, 5.74) is 6.48. The number of alkyl halides is 3. The Bertz CT molecular complexity index is 473. The van der Waals surface area contributed by atoms with Crippen LogP contribution in [0.4, 0.5) is 19.0 Å². The van der Waals surface area contributed by atoms with Crippen molar-refractivity contribution < 1.29 is 17.9 Å². The second-order valence-corrected chi connectivity index (χ2v) is 5.03. The zero-order valence-electron chi connectivity index (χ0n) is 11.9. The van der Waals surface area contributed by atoms with Crippen molar-refractivity contribution in [3.05, 3.63) is 17.7 Å². The van der Waals surface area contributed by atoms with Gasteiger partial charge in [0.05, 0.1) is 0 Å². The van der Waals surface area contributed by atoms with Crippen LogP contribution in [-0.4, -0.2) is 55.9 Å². The second-order valence-electron chi connectivity index (χ2n) is 5.03. The fourth-order valence-corrected chi connectivity index (χ4v) is 2.15. The third-order valence-corrected chi connectivity index (χ3v) is 3.34. The SMILES string of the molecule is CN1CCN(c2nc(OCC(F)(F)F)ccc2CN)CC1. The van der Waals surface area contributed by atoms with E-state index in [1.54, 1.807) is 6.07 Å². The molecule has 0 spiro atoms. The Morgan fingerprint density at radius 2 is 1.90 bits per heavy atom. The maximum Gasteiger partial charge on any atom is 0.422 e. The third-order valence-electron chi connectivity index (χ3n) is 3.34. The monoisotopic (exact) mass is 304 g/mol. The highest BCUT2D eigenvalue weighted by atomic mass is 19.4. The first-order valence-corrected chi connectivity index (χ1v) is 6.72. The number of rotatable bonds is 4. The number of nitrogens with zero attached hydrogens (tertiary/aromatic N) is 3. The lowest BCUT2D eigenvalue weighted by Gasteiger charge is -2.34. The second kappa shape index (κ2) is 6.48. The van der Waals surface area contributed by atoms with E-state index < -0.39 is 12.8 Å². The highest BCUT2D eigenvalue weighted by Crippen LogP contribution is 2.24. The number of ether oxygens (including phenoxy) is 1. The summed E-state index contributed by atoms with van der Waals surface area (Å²) >= 11 is 0. The summed E-state index contributed by atoms with van der Waals surface area (Å²) < 4.78 is 41.3. The van der Waals surface area contributed by atoms with E-state index in [1.165, 1.54) is 6.07 Å². The van der Waals surface area contributed by atoms with Gasteiger partial charge in [-0.1, -0.05) is 0 Å². The van der Waals surface area contributed by atoms with E-state index in [-0.39, 0.29) is 12.4 Å². The Kier molecular flexibility index (Phi) is 4.89. The van der Waals surface area contributed by atoms with Crippen LogP contribution in [0.1, 0.15) is 5.56 Å². The number of aromatic nitrogens is 1. The van der Waals surface area contributed by atoms with Gasteiger partial charge in [0.2, 0.25) is 5.88 Å². The molecule has 2 N–H and O–H groups in total. The number of likely N-dealkylation sites (N-methyl/N-ethyl adjacent to an activating group) is 1. The van der Waals surface area contributed by atoms with Gasteiger partial charge in [-0.05, 0) is 13.1 Å². The van der Waals surface area contributed by atoms with Crippen LogP contribution in [-0.2, 0) is 6.54 Å². The van der Waals surface area contributed by atoms with Gasteiger partial charge in [0.15, 0.2) is 6.61 Å². The number of hydrogen-bond donors (Lipinski definition) is 1. The quantitative estimate of drug-likeness (QED) is 0.907. The van der Waals surface area contributed by atoms with Crippen molar-refractivity contribution in [3.63, 3.8) is 0 Å². The van der Waals surface area contributed by atoms with Crippen molar-refractivity contribution in [1.82, 2.24) is 9.88 Å². The molecule has 5 nitrogen and oxygen atoms in total. The predicted molar refractivity (Wildman–Crippen MR) is 73.4 cm³/mol. The number of pyridine rings is 1. The van der Waals surface area contributed by atoms with Gasteiger partial charge in [0.25, 0.3) is 0 Å². The van der Waals surface area contributed by atoms with Crippen molar-refractivity contribution in [2.24, 2.45) is 5.73 Å². The largest absolute Gasteiger partial charge is 0.468 e. The molecule has 0 saturated carbocycles. The van der Waals surface area contributed by atoms with Crippen LogP contribution in [0.25, 0.3) is 0 Å². The minimum Gasteiger partial charge on any atom is -0.468 e. The molecule has 0 unspecified atom stereocenters. The lowest BCUT2D eigenvalue weighted by atomic mass is 10.2. The van der Waals surface area contributed by atoms with Crippen LogP contribution in [0.2, 0.25) is 0 Å². The first kappa shape index (κ1) is 15.8. The Hall–Kier alpha value is -1.54. The van der Waals surface area contributed by atoms with Crippen LogP contribution < -0.4 is 15.4 Å². The van der Waals surface area contributed by atoms with E-state index in [1.807, 2.05) is 11.9 Å². The molecule has 1 aliphatic rings. The maximum atomic E-state index is 12.2. The van der Waals surface area contributed by atoms with E-state index >= 15 is 0 Å². The summed E-state index contributed by atoms with van der Waals surface area (Å²) in [6, 6.07) is 3.10. The number of halogens is 3. The highest BCUT2D eigenvalue weighted by molar-refractivity contribution is 5.49. The number of piperazine rings is 1. The first-order valence-electron chi connectivity index (χ1n) is 6.72. The Labute approximate surface area is 121 Å². The van der Waals surface area contributed by atoms with Gasteiger partial charge in [0, 0.05) is 44.4 Å². The van der Waals surface area contributed by atoms with Gasteiger partial charge in [-0.15, -0.1) is 0 Å². The van der Waals surface area contributed by atoms with Crippen molar-refractivity contribution in [1.29, 1.82) is 0 Å². The van der Waals surface area contributed by atoms with Crippen LogP contribution in [0.5, 0.6) is 5.88 Å². The molecule has 21 heavy (non-hydrogen) atoms. The standard InChI is InChI=1S/C13H19F3N4O/c1-19-4-6-20(7-5-19)12-10(8-17)2-3-11(18-12)21-9-13(14,15)16/h2-3H,4-9,17H2,1H3. The molecule has 1 aromatic rings. The topological polar surface area (TPSA) is 54.6 Å². The van der Waals surface area contributed by atoms with Gasteiger partial charge in [-0.2, -0.15) is 18.2 Å². The minimum absolute atomic E-state index is 0.0292. The number of anilines is 1. The van der Waals surface area contributed by atoms with Gasteiger partial charge in [-0.3, -0.25) is 0 Å². The number of hydrogen-bond acceptors (Lipinski definition) is 5. The van der Waals surface area contributed by atoms with Crippen LogP contribution in [0.15, 0.2) is 12.1 Å². The van der Waals surface area contributed by atoms with E-state index in [4.69, 9.17) is 10.5 Å². The minimum atomic E-state index is -4.37. The Balaban J connectivity index is 2.14. The van der Waals surface area contributed by atoms with E-state index in [0.717, 1.165) is 31.7 Å². The smallest absolute Gasteiger partial charge is 0.422 e. The molecule has 0 radical (unpaired) electrons. The molecule has 0 atom stereocenters. The number of nitrogens with two attached hydrogens (primary N) is 1. The summed E-state index contributed by atoms with van der Waals surface area (Å²) in [5, 5.41) is 0. The predicted octanol–water partition coefficient (Wildman–Crippen LogP) is 1.23. The molecule has 8 heteroatoms. The normalized spacial score (nSPS) is 17.1. The van der Waals surface area contributed by atoms with E-state index in [2.05, 4.69) is 9.88 Å². The molecule has 1 fully saturated rings. The zero-order valence-corrected chi connectivity index (χ0v) is 11.9. The molecule has 118 valence electrons. The molecule has 2 rings (SSSR count). The molecule has 1 saturated heterocycles. The first-order chi connectivity index (χ1) is 9.89. The van der Waals surface area contributed by atoms with Crippen molar-refractivity contribution in [2.75, 3.05) is 44.7 Å². The van der Waals surface area contributed by atoms with Gasteiger partial charge >= 0.3 is 6.18 Å². The molecule has 1 aromatic heterocycles. The van der Waals surface area contributed by atoms with Crippen molar-refractivity contribution in [2.45, 2.75) is 12.7 Å². The molecular formula is C13H19F3N4O. The molecule has 0 aliphatic carbocycles. The third kappa shape index (κ3) is 4.47. The molecule has 1 aliphatic heterocycles. The molecule has 0 amide bonds. The van der Waals surface area contributed by atoms with Crippen LogP contribution in [0, 0.1) is 0 Å². The lowest BCUT2D eigenvalue weighted by molar-refractivity contribution is -0.154. The average Bonchev–Trinajstić information content (AvgIpc) is 2.45. The fraction of sp³-hybridized carbons (Fsp3) is 0.615. The Morgan fingerprint density at radius 3 is 2.48 bits per heavy atom. The zero-order chi connectivity index (χ0) is 15.5. The van der Waals surface area contributed by atoms with Crippen molar-refractivity contribution >= 4 is 5.82 Å². The van der Waals surface area contributed by atoms with Crippen LogP contribution >= 0.6 is 0 Å². The molecule has 0 bridgehead atoms. The van der Waals surface area contributed by atoms with Gasteiger partial charge < -0.3 is 20.3 Å². The highest BCUT2D eigenvalue weighted by Gasteiger charge is 2.29. The fourth-order valence-electron chi connectivity index (χ4n) is 2.15. The van der Waals surface area contributed by atoms with Crippen LogP contribution in [0.3, 0.4) is 0 Å². The van der Waals surface area contributed by atoms with E-state index in [9.17, 15) is 13.2 Å². The summed E-state index contributed by atoms with van der Waals surface area (Å²) in [6.07, 6.45) is -4.37. The van der Waals surface area contributed by atoms with Crippen molar-refractivity contribution in [3.8, 4) is 5.88 Å². The van der Waals surface area contributed by atoms with E-state index in [0.29, 0.717) is 5.82 Å². The summed E-state index contributed by atoms with van der Waals surface area (Å²) in [5.74, 6) is 0.587. The summed E-state index contributed by atoms with van der Waals surface area (Å²) in [7, 11) is 2.03. The lowest BCUT2D eigenvalue weighted by Crippen LogP contribution is -2.45.